The van der Waals surface area contributed by atoms with Gasteiger partial charge < -0.3 is 14.9 Å². The topological polar surface area (TPSA) is 49.7 Å². The molecule has 0 spiro atoms. The number of ether oxygens (including phenoxy) is 1. The zero-order valence-electron chi connectivity index (χ0n) is 6.26. The Kier molecular flexibility index (Phi) is 5.38. The van der Waals surface area contributed by atoms with Gasteiger partial charge in [-0.15, -0.1) is 11.6 Å². The van der Waals surface area contributed by atoms with Crippen molar-refractivity contribution in [3.8, 4) is 0 Å². The van der Waals surface area contributed by atoms with Crippen molar-refractivity contribution in [1.29, 1.82) is 0 Å². The van der Waals surface area contributed by atoms with Crippen LogP contribution < -0.4 is 0 Å². The first-order valence-corrected chi connectivity index (χ1v) is 4.22. The monoisotopic (exact) mass is 202 g/mol. The molecular formula is C6H12Cl2O3. The Morgan fingerprint density at radius 2 is 2.18 bits per heavy atom. The molecule has 2 atom stereocenters. The molecule has 0 radical (unpaired) electrons. The average molecular weight is 203 g/mol. The van der Waals surface area contributed by atoms with Crippen LogP contribution in [-0.2, 0) is 4.74 Å². The molecule has 0 aliphatic carbocycles. The maximum absolute atomic E-state index is 9.14. The van der Waals surface area contributed by atoms with Crippen molar-refractivity contribution in [2.45, 2.75) is 24.7 Å². The predicted molar refractivity (Wildman–Crippen MR) is 43.8 cm³/mol. The van der Waals surface area contributed by atoms with Crippen molar-refractivity contribution < 1.29 is 14.9 Å². The number of alkyl halides is 2. The first-order valence-electron chi connectivity index (χ1n) is 3.31. The third-order valence-electron chi connectivity index (χ3n) is 1.03. The SMILES string of the molecule is CCOC(O)(Cl)CC(O)CCl. The van der Waals surface area contributed by atoms with Crippen LogP contribution in [0.3, 0.4) is 0 Å². The summed E-state index contributed by atoms with van der Waals surface area (Å²) in [5, 5.41) is 16.3. The number of rotatable bonds is 5. The first-order chi connectivity index (χ1) is 5.02. The molecule has 0 aromatic rings. The normalized spacial score (nSPS) is 19.4. The Hall–Kier alpha value is 0.460. The Bertz CT molecular complexity index is 108. The van der Waals surface area contributed by atoms with Gasteiger partial charge in [0.15, 0.2) is 0 Å². The summed E-state index contributed by atoms with van der Waals surface area (Å²) in [7, 11) is 0. The third kappa shape index (κ3) is 5.70. The molecule has 3 nitrogen and oxygen atoms in total. The van der Waals surface area contributed by atoms with E-state index in [1.807, 2.05) is 0 Å². The van der Waals surface area contributed by atoms with E-state index in [1.165, 1.54) is 0 Å². The number of hydrogen-bond donors (Lipinski definition) is 2. The molecule has 68 valence electrons. The molecule has 0 aromatic heterocycles. The number of aliphatic hydroxyl groups is 2. The molecule has 0 saturated heterocycles. The van der Waals surface area contributed by atoms with Gasteiger partial charge in [0, 0.05) is 18.9 Å². The van der Waals surface area contributed by atoms with Gasteiger partial charge in [-0.2, -0.15) is 0 Å². The van der Waals surface area contributed by atoms with Crippen LogP contribution in [0.15, 0.2) is 0 Å². The van der Waals surface area contributed by atoms with Gasteiger partial charge in [-0.05, 0) is 6.92 Å². The van der Waals surface area contributed by atoms with E-state index in [0.717, 1.165) is 0 Å². The highest BCUT2D eigenvalue weighted by atomic mass is 35.5. The van der Waals surface area contributed by atoms with E-state index in [4.69, 9.17) is 38.2 Å². The van der Waals surface area contributed by atoms with Gasteiger partial charge in [-0.1, -0.05) is 11.6 Å². The molecule has 11 heavy (non-hydrogen) atoms. The van der Waals surface area contributed by atoms with E-state index in [1.54, 1.807) is 6.92 Å². The van der Waals surface area contributed by atoms with Crippen LogP contribution in [0.4, 0.5) is 0 Å². The summed E-state index contributed by atoms with van der Waals surface area (Å²) in [6.45, 7) is 1.98. The Balaban J connectivity index is 3.70. The summed E-state index contributed by atoms with van der Waals surface area (Å²) >= 11 is 10.7. The summed E-state index contributed by atoms with van der Waals surface area (Å²) in [6.07, 6.45) is -0.933. The van der Waals surface area contributed by atoms with Crippen LogP contribution in [0, 0.1) is 0 Å². The fourth-order valence-electron chi connectivity index (χ4n) is 0.625. The summed E-state index contributed by atoms with van der Waals surface area (Å²) in [6, 6.07) is 0. The van der Waals surface area contributed by atoms with Gasteiger partial charge in [0.1, 0.15) is 0 Å². The molecule has 0 rings (SSSR count). The van der Waals surface area contributed by atoms with Crippen molar-refractivity contribution >= 4 is 23.2 Å². The van der Waals surface area contributed by atoms with E-state index in [-0.39, 0.29) is 18.9 Å². The summed E-state index contributed by atoms with van der Waals surface area (Å²) < 4.78 is 4.70. The molecule has 0 aliphatic heterocycles. The fourth-order valence-corrected chi connectivity index (χ4v) is 1.02. The molecule has 0 aliphatic rings. The van der Waals surface area contributed by atoms with Crippen LogP contribution in [0.25, 0.3) is 0 Å². The van der Waals surface area contributed by atoms with Crippen LogP contribution in [0.1, 0.15) is 13.3 Å². The van der Waals surface area contributed by atoms with Crippen LogP contribution in [0.5, 0.6) is 0 Å². The van der Waals surface area contributed by atoms with E-state index in [0.29, 0.717) is 0 Å². The molecule has 5 heteroatoms. The van der Waals surface area contributed by atoms with Crippen LogP contribution in [-0.4, -0.2) is 34.1 Å². The quantitative estimate of drug-likeness (QED) is 0.515. The molecule has 0 fully saturated rings. The Morgan fingerprint density at radius 3 is 2.55 bits per heavy atom. The molecule has 0 heterocycles. The van der Waals surface area contributed by atoms with Crippen molar-refractivity contribution in [1.82, 2.24) is 0 Å². The number of hydrogen-bond acceptors (Lipinski definition) is 3. The number of halogens is 2. The van der Waals surface area contributed by atoms with Crippen molar-refractivity contribution in [2.24, 2.45) is 0 Å². The van der Waals surface area contributed by atoms with E-state index < -0.39 is 11.4 Å². The molecule has 0 aromatic carbocycles. The lowest BCUT2D eigenvalue weighted by molar-refractivity contribution is -0.151. The highest BCUT2D eigenvalue weighted by Crippen LogP contribution is 2.19. The van der Waals surface area contributed by atoms with Gasteiger partial charge in [0.2, 0.25) is 5.25 Å². The molecule has 2 N–H and O–H groups in total. The highest BCUT2D eigenvalue weighted by molar-refractivity contribution is 6.22. The smallest absolute Gasteiger partial charge is 0.248 e. The standard InChI is InChI=1S/C6H12Cl2O3/c1-2-11-6(8,10)3-5(9)4-7/h5,9-10H,2-4H2,1H3. The van der Waals surface area contributed by atoms with Gasteiger partial charge in [-0.3, -0.25) is 0 Å². The second-order valence-electron chi connectivity index (χ2n) is 2.13. The van der Waals surface area contributed by atoms with Crippen molar-refractivity contribution in [2.75, 3.05) is 12.5 Å². The third-order valence-corrected chi connectivity index (χ3v) is 1.65. The minimum atomic E-state index is -1.79. The molecule has 0 amide bonds. The Labute approximate surface area is 75.9 Å². The maximum Gasteiger partial charge on any atom is 0.248 e. The molecule has 0 saturated carbocycles. The largest absolute Gasteiger partial charge is 0.392 e. The average Bonchev–Trinajstić information content (AvgIpc) is 1.86. The van der Waals surface area contributed by atoms with Gasteiger partial charge in [0.25, 0.3) is 0 Å². The van der Waals surface area contributed by atoms with E-state index in [9.17, 15) is 0 Å². The second-order valence-corrected chi connectivity index (χ2v) is 3.03. The fraction of sp³-hybridized carbons (Fsp3) is 1.00. The van der Waals surface area contributed by atoms with Gasteiger partial charge >= 0.3 is 0 Å². The van der Waals surface area contributed by atoms with Crippen LogP contribution >= 0.6 is 23.2 Å². The minimum Gasteiger partial charge on any atom is -0.392 e. The summed E-state index contributed by atoms with van der Waals surface area (Å²) in [5.74, 6) is 0.0299. The first kappa shape index (κ1) is 11.5. The number of aliphatic hydroxyl groups excluding tert-OH is 1. The zero-order chi connectivity index (χ0) is 8.91. The lowest BCUT2D eigenvalue weighted by Crippen LogP contribution is -2.31. The summed E-state index contributed by atoms with van der Waals surface area (Å²) in [5.41, 5.74) is 0. The molecular weight excluding hydrogens is 191 g/mol. The maximum atomic E-state index is 9.14. The van der Waals surface area contributed by atoms with Crippen molar-refractivity contribution in [3.05, 3.63) is 0 Å². The predicted octanol–water partition coefficient (Wildman–Crippen LogP) is 0.898. The zero-order valence-corrected chi connectivity index (χ0v) is 7.77. The Morgan fingerprint density at radius 1 is 1.64 bits per heavy atom. The van der Waals surface area contributed by atoms with Gasteiger partial charge in [0.05, 0.1) is 6.10 Å². The minimum absolute atomic E-state index is 0.0299. The summed E-state index contributed by atoms with van der Waals surface area (Å²) in [4.78, 5) is 0. The van der Waals surface area contributed by atoms with E-state index in [2.05, 4.69) is 0 Å². The lowest BCUT2D eigenvalue weighted by atomic mass is 10.3. The molecule has 0 bridgehead atoms. The lowest BCUT2D eigenvalue weighted by Gasteiger charge is -2.21. The van der Waals surface area contributed by atoms with E-state index >= 15 is 0 Å². The highest BCUT2D eigenvalue weighted by Gasteiger charge is 2.26. The molecule has 2 unspecified atom stereocenters. The van der Waals surface area contributed by atoms with Gasteiger partial charge in [-0.25, -0.2) is 0 Å². The van der Waals surface area contributed by atoms with Crippen molar-refractivity contribution in [3.63, 3.8) is 0 Å². The second kappa shape index (κ2) is 5.17. The van der Waals surface area contributed by atoms with Crippen LogP contribution in [0.2, 0.25) is 0 Å².